The fraction of sp³-hybridized carbons (Fsp3) is 0.818. The van der Waals surface area contributed by atoms with Gasteiger partial charge in [-0.3, -0.25) is 0 Å². The molecule has 0 saturated carbocycles. The fourth-order valence-electron chi connectivity index (χ4n) is 1.31. The van der Waals surface area contributed by atoms with Gasteiger partial charge in [0.05, 0.1) is 0 Å². The third-order valence-corrected chi connectivity index (χ3v) is 2.97. The van der Waals surface area contributed by atoms with Crippen LogP contribution in [0.25, 0.3) is 0 Å². The number of rotatable bonds is 8. The monoisotopic (exact) mass is 243 g/mol. The van der Waals surface area contributed by atoms with Gasteiger partial charge in [-0.1, -0.05) is 25.6 Å². The highest BCUT2D eigenvalue weighted by Gasteiger charge is 2.01. The highest BCUT2D eigenvalue weighted by molar-refractivity contribution is 7.99. The first-order chi connectivity index (χ1) is 7.68. The van der Waals surface area contributed by atoms with Crippen LogP contribution in [-0.4, -0.2) is 29.0 Å². The van der Waals surface area contributed by atoms with Gasteiger partial charge in [0.15, 0.2) is 0 Å². The number of hydrogen-bond donors (Lipinski definition) is 1. The second-order valence-corrected chi connectivity index (χ2v) is 5.27. The molecule has 0 amide bonds. The maximum Gasteiger partial charge on any atom is 0.276 e. The molecule has 0 atom stereocenters. The van der Waals surface area contributed by atoms with E-state index >= 15 is 0 Å². The molecule has 1 aromatic rings. The minimum absolute atomic E-state index is 0.632. The number of nitrogens with one attached hydrogen (secondary N) is 1. The topological polar surface area (TPSA) is 51.0 Å². The summed E-state index contributed by atoms with van der Waals surface area (Å²) >= 11 is 1.60. The van der Waals surface area contributed by atoms with Gasteiger partial charge in [-0.2, -0.15) is 0 Å². The predicted octanol–water partition coefficient (Wildman–Crippen LogP) is 2.50. The fourth-order valence-corrected chi connectivity index (χ4v) is 2.01. The molecule has 1 heterocycles. The number of hydrogen-bond acceptors (Lipinski definition) is 5. The smallest absolute Gasteiger partial charge is 0.276 e. The molecule has 0 aliphatic carbocycles. The SMILES string of the molecule is Cc1nnc(SCCNCCCC(C)C)o1. The highest BCUT2D eigenvalue weighted by atomic mass is 32.2. The molecule has 4 nitrogen and oxygen atoms in total. The quantitative estimate of drug-likeness (QED) is 0.561. The molecule has 5 heteroatoms. The molecule has 1 rings (SSSR count). The zero-order valence-electron chi connectivity index (χ0n) is 10.3. The summed E-state index contributed by atoms with van der Waals surface area (Å²) in [6.45, 7) is 8.41. The first kappa shape index (κ1) is 13.5. The molecule has 16 heavy (non-hydrogen) atoms. The van der Waals surface area contributed by atoms with Crippen LogP contribution in [0, 0.1) is 12.8 Å². The van der Waals surface area contributed by atoms with Gasteiger partial charge in [0.2, 0.25) is 5.89 Å². The van der Waals surface area contributed by atoms with Crippen molar-refractivity contribution in [3.63, 3.8) is 0 Å². The van der Waals surface area contributed by atoms with E-state index in [1.54, 1.807) is 18.7 Å². The lowest BCUT2D eigenvalue weighted by molar-refractivity contribution is 0.429. The molecular weight excluding hydrogens is 222 g/mol. The Balaban J connectivity index is 1.92. The van der Waals surface area contributed by atoms with Crippen molar-refractivity contribution in [2.75, 3.05) is 18.8 Å². The van der Waals surface area contributed by atoms with E-state index < -0.39 is 0 Å². The molecule has 0 fully saturated rings. The molecule has 0 bridgehead atoms. The van der Waals surface area contributed by atoms with Crippen LogP contribution < -0.4 is 5.32 Å². The average Bonchev–Trinajstić information content (AvgIpc) is 2.62. The maximum absolute atomic E-state index is 5.26. The lowest BCUT2D eigenvalue weighted by Crippen LogP contribution is -2.18. The Morgan fingerprint density at radius 3 is 2.75 bits per heavy atom. The van der Waals surface area contributed by atoms with E-state index in [0.717, 1.165) is 24.8 Å². The lowest BCUT2D eigenvalue weighted by atomic mass is 10.1. The van der Waals surface area contributed by atoms with E-state index in [1.165, 1.54) is 12.8 Å². The van der Waals surface area contributed by atoms with Crippen molar-refractivity contribution in [3.8, 4) is 0 Å². The van der Waals surface area contributed by atoms with Crippen molar-refractivity contribution in [3.05, 3.63) is 5.89 Å². The summed E-state index contributed by atoms with van der Waals surface area (Å²) in [6, 6.07) is 0. The summed E-state index contributed by atoms with van der Waals surface area (Å²) in [5, 5.41) is 11.8. The zero-order valence-corrected chi connectivity index (χ0v) is 11.1. The van der Waals surface area contributed by atoms with Crippen molar-refractivity contribution < 1.29 is 4.42 Å². The first-order valence-electron chi connectivity index (χ1n) is 5.82. The molecule has 0 spiro atoms. The minimum Gasteiger partial charge on any atom is -0.416 e. The van der Waals surface area contributed by atoms with E-state index in [4.69, 9.17) is 4.42 Å². The summed E-state index contributed by atoms with van der Waals surface area (Å²) < 4.78 is 5.26. The lowest BCUT2D eigenvalue weighted by Gasteiger charge is -2.05. The molecule has 0 aromatic carbocycles. The Bertz CT molecular complexity index is 289. The second-order valence-electron chi connectivity index (χ2n) is 4.22. The van der Waals surface area contributed by atoms with Crippen LogP contribution in [0.2, 0.25) is 0 Å². The predicted molar refractivity (Wildman–Crippen MR) is 66.7 cm³/mol. The van der Waals surface area contributed by atoms with Gasteiger partial charge >= 0.3 is 0 Å². The minimum atomic E-state index is 0.632. The van der Waals surface area contributed by atoms with Crippen LogP contribution >= 0.6 is 11.8 Å². The summed E-state index contributed by atoms with van der Waals surface area (Å²) in [5.41, 5.74) is 0. The van der Waals surface area contributed by atoms with Gasteiger partial charge in [0.1, 0.15) is 0 Å². The van der Waals surface area contributed by atoms with Crippen LogP contribution in [0.4, 0.5) is 0 Å². The van der Waals surface area contributed by atoms with E-state index in [0.29, 0.717) is 11.1 Å². The van der Waals surface area contributed by atoms with Crippen molar-refractivity contribution in [1.82, 2.24) is 15.5 Å². The van der Waals surface area contributed by atoms with Gasteiger partial charge in [-0.05, 0) is 25.3 Å². The van der Waals surface area contributed by atoms with Crippen LogP contribution in [0.3, 0.4) is 0 Å². The summed E-state index contributed by atoms with van der Waals surface area (Å²) in [6.07, 6.45) is 2.55. The van der Waals surface area contributed by atoms with Crippen LogP contribution in [0.5, 0.6) is 0 Å². The zero-order chi connectivity index (χ0) is 11.8. The molecule has 92 valence electrons. The van der Waals surface area contributed by atoms with Crippen LogP contribution in [0.1, 0.15) is 32.6 Å². The van der Waals surface area contributed by atoms with E-state index in [1.807, 2.05) is 0 Å². The van der Waals surface area contributed by atoms with E-state index in [9.17, 15) is 0 Å². The molecule has 0 saturated heterocycles. The third-order valence-electron chi connectivity index (χ3n) is 2.15. The Kier molecular flexibility index (Phi) is 6.49. The Morgan fingerprint density at radius 2 is 2.12 bits per heavy atom. The van der Waals surface area contributed by atoms with Gasteiger partial charge in [-0.25, -0.2) is 0 Å². The Labute approximate surface area is 102 Å². The number of aromatic nitrogens is 2. The molecule has 0 aliphatic heterocycles. The average molecular weight is 243 g/mol. The van der Waals surface area contributed by atoms with Gasteiger partial charge in [0.25, 0.3) is 5.22 Å². The van der Waals surface area contributed by atoms with Gasteiger partial charge in [-0.15, -0.1) is 10.2 Å². The normalized spacial score (nSPS) is 11.2. The summed E-state index contributed by atoms with van der Waals surface area (Å²) in [5.74, 6) is 2.41. The van der Waals surface area contributed by atoms with Gasteiger partial charge in [0, 0.05) is 19.2 Å². The number of aryl methyl sites for hydroxylation is 1. The molecule has 0 unspecified atom stereocenters. The Morgan fingerprint density at radius 1 is 1.31 bits per heavy atom. The van der Waals surface area contributed by atoms with E-state index in [2.05, 4.69) is 29.4 Å². The van der Waals surface area contributed by atoms with Crippen LogP contribution in [-0.2, 0) is 0 Å². The van der Waals surface area contributed by atoms with Crippen molar-refractivity contribution in [2.45, 2.75) is 38.8 Å². The molecule has 0 radical (unpaired) electrons. The Hall–Kier alpha value is -0.550. The van der Waals surface area contributed by atoms with E-state index in [-0.39, 0.29) is 0 Å². The van der Waals surface area contributed by atoms with Crippen molar-refractivity contribution in [1.29, 1.82) is 0 Å². The molecule has 0 aliphatic rings. The number of nitrogens with zero attached hydrogens (tertiary/aromatic N) is 2. The van der Waals surface area contributed by atoms with Crippen molar-refractivity contribution >= 4 is 11.8 Å². The standard InChI is InChI=1S/C11H21N3OS/c1-9(2)5-4-6-12-7-8-16-11-14-13-10(3)15-11/h9,12H,4-8H2,1-3H3. The molecule has 1 aromatic heterocycles. The van der Waals surface area contributed by atoms with Crippen molar-refractivity contribution in [2.24, 2.45) is 5.92 Å². The molecular formula is C11H21N3OS. The largest absolute Gasteiger partial charge is 0.416 e. The second kappa shape index (κ2) is 7.68. The van der Waals surface area contributed by atoms with Crippen LogP contribution in [0.15, 0.2) is 9.64 Å². The van der Waals surface area contributed by atoms with Gasteiger partial charge < -0.3 is 9.73 Å². The third kappa shape index (κ3) is 6.12. The highest BCUT2D eigenvalue weighted by Crippen LogP contribution is 2.14. The maximum atomic E-state index is 5.26. The summed E-state index contributed by atoms with van der Waals surface area (Å²) in [7, 11) is 0. The number of thioether (sulfide) groups is 1. The first-order valence-corrected chi connectivity index (χ1v) is 6.80. The summed E-state index contributed by atoms with van der Waals surface area (Å²) in [4.78, 5) is 0. The molecule has 1 N–H and O–H groups in total.